The van der Waals surface area contributed by atoms with Gasteiger partial charge in [0, 0.05) is 25.0 Å². The lowest BCUT2D eigenvalue weighted by Crippen LogP contribution is -2.49. The van der Waals surface area contributed by atoms with Crippen molar-refractivity contribution in [3.63, 3.8) is 0 Å². The van der Waals surface area contributed by atoms with E-state index in [1.807, 2.05) is 23.1 Å². The molecule has 4 rings (SSSR count). The van der Waals surface area contributed by atoms with Gasteiger partial charge in [-0.2, -0.15) is 0 Å². The van der Waals surface area contributed by atoms with Crippen molar-refractivity contribution in [1.29, 1.82) is 0 Å². The lowest BCUT2D eigenvalue weighted by atomic mass is 10.0. The average molecular weight is 412 g/mol. The summed E-state index contributed by atoms with van der Waals surface area (Å²) < 4.78 is 18.6. The summed E-state index contributed by atoms with van der Waals surface area (Å²) in [5.74, 6) is 0.202. The fourth-order valence-electron chi connectivity index (χ4n) is 3.42. The van der Waals surface area contributed by atoms with E-state index in [1.54, 1.807) is 17.5 Å². The van der Waals surface area contributed by atoms with Gasteiger partial charge in [-0.3, -0.25) is 4.79 Å². The van der Waals surface area contributed by atoms with E-state index in [4.69, 9.17) is 4.74 Å². The lowest BCUT2D eigenvalue weighted by Gasteiger charge is -2.40. The third kappa shape index (κ3) is 4.63. The molecule has 150 valence electrons. The van der Waals surface area contributed by atoms with Crippen LogP contribution in [0.15, 0.2) is 60.0 Å². The van der Waals surface area contributed by atoms with Crippen LogP contribution in [-0.4, -0.2) is 47.4 Å². The Balaban J connectivity index is 1.46. The highest BCUT2D eigenvalue weighted by Crippen LogP contribution is 2.27. The molecule has 1 amide bonds. The summed E-state index contributed by atoms with van der Waals surface area (Å²) in [6.45, 7) is 2.53. The molecule has 1 atom stereocenters. The molecule has 0 saturated carbocycles. The first-order valence-corrected chi connectivity index (χ1v) is 10.4. The molecule has 7 heteroatoms. The van der Waals surface area contributed by atoms with Gasteiger partial charge in [0.2, 0.25) is 0 Å². The van der Waals surface area contributed by atoms with E-state index >= 15 is 0 Å². The quantitative estimate of drug-likeness (QED) is 0.637. The van der Waals surface area contributed by atoms with Crippen LogP contribution in [0.4, 0.5) is 4.39 Å². The molecule has 0 unspecified atom stereocenters. The second-order valence-electron chi connectivity index (χ2n) is 7.06. The first kappa shape index (κ1) is 19.5. The van der Waals surface area contributed by atoms with E-state index in [2.05, 4.69) is 29.1 Å². The van der Waals surface area contributed by atoms with E-state index in [9.17, 15) is 9.18 Å². The van der Waals surface area contributed by atoms with Crippen LogP contribution >= 0.6 is 11.3 Å². The van der Waals surface area contributed by atoms with Gasteiger partial charge in [0.25, 0.3) is 5.91 Å². The Morgan fingerprint density at radius 3 is 2.69 bits per heavy atom. The standard InChI is InChI=1S/C22H22FN3O2S/c1-25-11-12-26(20(13-25)16-5-3-2-4-6-16)22(27)19-15-29-21(24-19)14-28-18-9-7-17(23)8-10-18/h2-10,15,20H,11-14H2,1H3/t20-/m0/s1. The molecule has 0 bridgehead atoms. The molecule has 29 heavy (non-hydrogen) atoms. The van der Waals surface area contributed by atoms with Crippen LogP contribution in [-0.2, 0) is 6.61 Å². The maximum atomic E-state index is 13.2. The number of carbonyl (C=O) groups is 1. The van der Waals surface area contributed by atoms with E-state index in [0.29, 0.717) is 23.0 Å². The number of piperazine rings is 1. The fourth-order valence-corrected chi connectivity index (χ4v) is 4.10. The van der Waals surface area contributed by atoms with Crippen molar-refractivity contribution in [2.75, 3.05) is 26.7 Å². The maximum absolute atomic E-state index is 13.2. The summed E-state index contributed by atoms with van der Waals surface area (Å²) in [6.07, 6.45) is 0. The van der Waals surface area contributed by atoms with Crippen molar-refractivity contribution < 1.29 is 13.9 Å². The monoisotopic (exact) mass is 411 g/mol. The van der Waals surface area contributed by atoms with Crippen molar-refractivity contribution in [2.24, 2.45) is 0 Å². The number of ether oxygens (including phenoxy) is 1. The van der Waals surface area contributed by atoms with Crippen LogP contribution in [0.5, 0.6) is 5.75 Å². The maximum Gasteiger partial charge on any atom is 0.273 e. The molecule has 0 spiro atoms. The Bertz CT molecular complexity index is 962. The largest absolute Gasteiger partial charge is 0.486 e. The summed E-state index contributed by atoms with van der Waals surface area (Å²) in [4.78, 5) is 21.8. The van der Waals surface area contributed by atoms with Crippen LogP contribution in [0.2, 0.25) is 0 Å². The minimum atomic E-state index is -0.306. The summed E-state index contributed by atoms with van der Waals surface area (Å²) in [5.41, 5.74) is 1.57. The van der Waals surface area contributed by atoms with Crippen LogP contribution in [0.1, 0.15) is 27.1 Å². The van der Waals surface area contributed by atoms with Gasteiger partial charge in [0.15, 0.2) is 0 Å². The molecule has 5 nitrogen and oxygen atoms in total. The number of likely N-dealkylation sites (N-methyl/N-ethyl adjacent to an activating group) is 1. The zero-order chi connectivity index (χ0) is 20.2. The van der Waals surface area contributed by atoms with Crippen molar-refractivity contribution in [3.05, 3.63) is 82.1 Å². The summed E-state index contributed by atoms with van der Waals surface area (Å²) >= 11 is 1.39. The smallest absolute Gasteiger partial charge is 0.273 e. The average Bonchev–Trinajstić information content (AvgIpc) is 3.22. The third-order valence-electron chi connectivity index (χ3n) is 4.98. The molecule has 3 aromatic rings. The highest BCUT2D eigenvalue weighted by Gasteiger charge is 2.31. The number of amides is 1. The molecular weight excluding hydrogens is 389 g/mol. The highest BCUT2D eigenvalue weighted by molar-refractivity contribution is 7.09. The van der Waals surface area contributed by atoms with Gasteiger partial charge in [-0.15, -0.1) is 11.3 Å². The van der Waals surface area contributed by atoms with Crippen molar-refractivity contribution >= 4 is 17.2 Å². The molecule has 1 aliphatic rings. The molecular formula is C22H22FN3O2S. The predicted molar refractivity (Wildman–Crippen MR) is 111 cm³/mol. The topological polar surface area (TPSA) is 45.7 Å². The number of halogens is 1. The summed E-state index contributed by atoms with van der Waals surface area (Å²) in [6, 6.07) is 16.0. The van der Waals surface area contributed by atoms with Crippen LogP contribution in [0.25, 0.3) is 0 Å². The Morgan fingerprint density at radius 2 is 1.93 bits per heavy atom. The number of aromatic nitrogens is 1. The first-order chi connectivity index (χ1) is 14.1. The van der Waals surface area contributed by atoms with Gasteiger partial charge in [-0.25, -0.2) is 9.37 Å². The Labute approximate surface area is 173 Å². The Kier molecular flexibility index (Phi) is 5.87. The Hall–Kier alpha value is -2.77. The van der Waals surface area contributed by atoms with Crippen molar-refractivity contribution in [1.82, 2.24) is 14.8 Å². The normalized spacial score (nSPS) is 17.3. The third-order valence-corrected chi connectivity index (χ3v) is 5.80. The van der Waals surface area contributed by atoms with Gasteiger partial charge in [-0.1, -0.05) is 30.3 Å². The minimum Gasteiger partial charge on any atom is -0.486 e. The van der Waals surface area contributed by atoms with E-state index < -0.39 is 0 Å². The molecule has 0 radical (unpaired) electrons. The Morgan fingerprint density at radius 1 is 1.17 bits per heavy atom. The molecule has 2 heterocycles. The summed E-state index contributed by atoms with van der Waals surface area (Å²) in [7, 11) is 2.07. The molecule has 0 aliphatic carbocycles. The van der Waals surface area contributed by atoms with Crippen molar-refractivity contribution in [3.8, 4) is 5.75 Å². The van der Waals surface area contributed by atoms with E-state index in [-0.39, 0.29) is 24.4 Å². The van der Waals surface area contributed by atoms with Gasteiger partial charge in [0.1, 0.15) is 28.9 Å². The number of rotatable bonds is 5. The summed E-state index contributed by atoms with van der Waals surface area (Å²) in [5, 5.41) is 2.49. The zero-order valence-electron chi connectivity index (χ0n) is 16.1. The van der Waals surface area contributed by atoms with E-state index in [1.165, 1.54) is 23.5 Å². The van der Waals surface area contributed by atoms with E-state index in [0.717, 1.165) is 18.7 Å². The lowest BCUT2D eigenvalue weighted by molar-refractivity contribution is 0.0492. The molecule has 1 aromatic heterocycles. The molecule has 2 aromatic carbocycles. The molecule has 1 fully saturated rings. The number of benzene rings is 2. The predicted octanol–water partition coefficient (Wildman–Crippen LogP) is 3.99. The number of thiazole rings is 1. The fraction of sp³-hybridized carbons (Fsp3) is 0.273. The zero-order valence-corrected chi connectivity index (χ0v) is 16.9. The van der Waals surface area contributed by atoms with Gasteiger partial charge >= 0.3 is 0 Å². The molecule has 1 aliphatic heterocycles. The number of hydrogen-bond acceptors (Lipinski definition) is 5. The molecule has 0 N–H and O–H groups in total. The number of hydrogen-bond donors (Lipinski definition) is 0. The van der Waals surface area contributed by atoms with Crippen LogP contribution < -0.4 is 4.74 Å². The molecule has 1 saturated heterocycles. The highest BCUT2D eigenvalue weighted by atomic mass is 32.1. The second kappa shape index (κ2) is 8.71. The SMILES string of the molecule is CN1CCN(C(=O)c2csc(COc3ccc(F)cc3)n2)[C@H](c2ccccc2)C1. The van der Waals surface area contributed by atoms with Crippen molar-refractivity contribution in [2.45, 2.75) is 12.6 Å². The van der Waals surface area contributed by atoms with Crippen LogP contribution in [0, 0.1) is 5.82 Å². The second-order valence-corrected chi connectivity index (χ2v) is 8.00. The first-order valence-electron chi connectivity index (χ1n) is 9.47. The minimum absolute atomic E-state index is 0.00284. The van der Waals surface area contributed by atoms with Gasteiger partial charge < -0.3 is 14.5 Å². The number of nitrogens with zero attached hydrogens (tertiary/aromatic N) is 3. The van der Waals surface area contributed by atoms with Crippen LogP contribution in [0.3, 0.4) is 0 Å². The van der Waals surface area contributed by atoms with Gasteiger partial charge in [0.05, 0.1) is 6.04 Å². The van der Waals surface area contributed by atoms with Gasteiger partial charge in [-0.05, 0) is 36.9 Å². The number of carbonyl (C=O) groups excluding carboxylic acids is 1.